The Morgan fingerprint density at radius 2 is 1.12 bits per heavy atom. The van der Waals surface area contributed by atoms with Crippen molar-refractivity contribution in [2.24, 2.45) is 5.92 Å². The summed E-state index contributed by atoms with van der Waals surface area (Å²) in [7, 11) is 0. The number of carbonyl (C=O) groups excluding carboxylic acids is 1. The average molecular weight is 369 g/mol. The number of aliphatic carboxylic acids is 2. The number of carboxylic acid groups (broad SMARTS) is 2. The molecule has 2 N–H and O–H groups in total. The Balaban J connectivity index is 3.48. The predicted octanol–water partition coefficient (Wildman–Crippen LogP) is 5.38. The lowest BCUT2D eigenvalue weighted by Gasteiger charge is -2.06. The van der Waals surface area contributed by atoms with Crippen LogP contribution >= 0.6 is 0 Å². The maximum Gasteiger partial charge on any atom is 0.325 e. The van der Waals surface area contributed by atoms with Gasteiger partial charge in [0.15, 0.2) is 5.78 Å². The number of Topliss-reactive ketones (excluding diaryl/α,β-unsaturated/α-hetero) is 1. The maximum atomic E-state index is 11.6. The van der Waals surface area contributed by atoms with Gasteiger partial charge in [-0.3, -0.25) is 14.4 Å². The van der Waals surface area contributed by atoms with Crippen molar-refractivity contribution in [3.05, 3.63) is 12.2 Å². The zero-order valence-electron chi connectivity index (χ0n) is 16.3. The van der Waals surface area contributed by atoms with Crippen molar-refractivity contribution in [2.45, 2.75) is 96.8 Å². The predicted molar refractivity (Wildman–Crippen MR) is 103 cm³/mol. The summed E-state index contributed by atoms with van der Waals surface area (Å²) < 4.78 is 0. The van der Waals surface area contributed by atoms with Gasteiger partial charge >= 0.3 is 11.9 Å². The SMILES string of the molecule is CCCCCCCC/C=C\CCCCCCCC(=O)C(C(=O)O)C(=O)O. The van der Waals surface area contributed by atoms with Gasteiger partial charge in [-0.15, -0.1) is 0 Å². The molecule has 0 amide bonds. The van der Waals surface area contributed by atoms with Crippen LogP contribution in [0.3, 0.4) is 0 Å². The van der Waals surface area contributed by atoms with Crippen molar-refractivity contribution < 1.29 is 24.6 Å². The summed E-state index contributed by atoms with van der Waals surface area (Å²) in [6.07, 6.45) is 19.3. The highest BCUT2D eigenvalue weighted by molar-refractivity contribution is 6.13. The van der Waals surface area contributed by atoms with E-state index in [1.165, 1.54) is 44.9 Å². The van der Waals surface area contributed by atoms with Crippen molar-refractivity contribution >= 4 is 17.7 Å². The Labute approximate surface area is 157 Å². The van der Waals surface area contributed by atoms with Crippen LogP contribution in [0.2, 0.25) is 0 Å². The highest BCUT2D eigenvalue weighted by atomic mass is 16.4. The Kier molecular flexibility index (Phi) is 15.7. The molecule has 0 fully saturated rings. The molecule has 0 atom stereocenters. The zero-order chi connectivity index (χ0) is 19.6. The highest BCUT2D eigenvalue weighted by Gasteiger charge is 2.32. The van der Waals surface area contributed by atoms with Crippen LogP contribution in [0.25, 0.3) is 0 Å². The third-order valence-electron chi connectivity index (χ3n) is 4.50. The fraction of sp³-hybridized carbons (Fsp3) is 0.762. The number of ketones is 1. The van der Waals surface area contributed by atoms with Crippen LogP contribution in [0.5, 0.6) is 0 Å². The van der Waals surface area contributed by atoms with Gasteiger partial charge in [-0.1, -0.05) is 70.4 Å². The second-order valence-corrected chi connectivity index (χ2v) is 6.91. The normalized spacial score (nSPS) is 11.3. The van der Waals surface area contributed by atoms with Crippen molar-refractivity contribution in [1.82, 2.24) is 0 Å². The van der Waals surface area contributed by atoms with E-state index in [4.69, 9.17) is 10.2 Å². The molecule has 0 spiro atoms. The van der Waals surface area contributed by atoms with Gasteiger partial charge in [-0.05, 0) is 32.1 Å². The third kappa shape index (κ3) is 13.6. The molecule has 5 nitrogen and oxygen atoms in total. The standard InChI is InChI=1S/C21H36O5/c1-2-3-4-5-6-7-8-9-10-11-12-13-14-15-16-17-18(22)19(20(23)24)21(25)26/h9-10,19H,2-8,11-17H2,1H3,(H,23,24)(H,25,26)/b10-9-. The van der Waals surface area contributed by atoms with Crippen LogP contribution in [0, 0.1) is 5.92 Å². The number of unbranched alkanes of at least 4 members (excludes halogenated alkanes) is 11. The average Bonchev–Trinajstić information content (AvgIpc) is 2.57. The van der Waals surface area contributed by atoms with Gasteiger partial charge in [0.05, 0.1) is 0 Å². The molecule has 5 heteroatoms. The molecule has 0 aromatic rings. The zero-order valence-corrected chi connectivity index (χ0v) is 16.3. The van der Waals surface area contributed by atoms with E-state index < -0.39 is 23.6 Å². The minimum absolute atomic E-state index is 0.0292. The summed E-state index contributed by atoms with van der Waals surface area (Å²) in [4.78, 5) is 33.1. The van der Waals surface area contributed by atoms with Gasteiger partial charge in [-0.25, -0.2) is 0 Å². The summed E-state index contributed by atoms with van der Waals surface area (Å²) in [6, 6.07) is 0. The van der Waals surface area contributed by atoms with E-state index in [2.05, 4.69) is 19.1 Å². The first-order chi connectivity index (χ1) is 12.5. The lowest BCUT2D eigenvalue weighted by Crippen LogP contribution is -2.31. The second-order valence-electron chi connectivity index (χ2n) is 6.91. The number of rotatable bonds is 18. The summed E-state index contributed by atoms with van der Waals surface area (Å²) in [5.41, 5.74) is 0. The van der Waals surface area contributed by atoms with Gasteiger partial charge in [0.25, 0.3) is 0 Å². The Morgan fingerprint density at radius 3 is 1.58 bits per heavy atom. The molecule has 0 aromatic carbocycles. The molecule has 0 radical (unpaired) electrons. The lowest BCUT2D eigenvalue weighted by molar-refractivity contribution is -0.157. The van der Waals surface area contributed by atoms with E-state index in [1.807, 2.05) is 0 Å². The smallest absolute Gasteiger partial charge is 0.325 e. The van der Waals surface area contributed by atoms with E-state index in [9.17, 15) is 14.4 Å². The molecule has 0 rings (SSSR count). The Hall–Kier alpha value is -1.65. The minimum Gasteiger partial charge on any atom is -0.480 e. The molecule has 0 aliphatic heterocycles. The molecule has 0 saturated heterocycles. The topological polar surface area (TPSA) is 91.7 Å². The first-order valence-corrected chi connectivity index (χ1v) is 10.1. The minimum atomic E-state index is -1.91. The van der Waals surface area contributed by atoms with Crippen molar-refractivity contribution in [2.75, 3.05) is 0 Å². The van der Waals surface area contributed by atoms with E-state index in [0.29, 0.717) is 6.42 Å². The summed E-state index contributed by atoms with van der Waals surface area (Å²) in [5, 5.41) is 17.5. The van der Waals surface area contributed by atoms with Crippen LogP contribution in [-0.4, -0.2) is 27.9 Å². The van der Waals surface area contributed by atoms with E-state index in [0.717, 1.165) is 32.1 Å². The third-order valence-corrected chi connectivity index (χ3v) is 4.50. The quantitative estimate of drug-likeness (QED) is 0.192. The van der Waals surface area contributed by atoms with Crippen LogP contribution in [0.15, 0.2) is 12.2 Å². The molecule has 150 valence electrons. The van der Waals surface area contributed by atoms with Crippen LogP contribution in [0.1, 0.15) is 96.8 Å². The highest BCUT2D eigenvalue weighted by Crippen LogP contribution is 2.12. The van der Waals surface area contributed by atoms with Gasteiger partial charge < -0.3 is 10.2 Å². The van der Waals surface area contributed by atoms with E-state index >= 15 is 0 Å². The fourth-order valence-corrected chi connectivity index (χ4v) is 2.90. The molecule has 0 bridgehead atoms. The van der Waals surface area contributed by atoms with Gasteiger partial charge in [0.1, 0.15) is 0 Å². The van der Waals surface area contributed by atoms with E-state index in [-0.39, 0.29) is 6.42 Å². The number of carboxylic acids is 2. The van der Waals surface area contributed by atoms with Crippen molar-refractivity contribution in [3.63, 3.8) is 0 Å². The first-order valence-electron chi connectivity index (χ1n) is 10.1. The lowest BCUT2D eigenvalue weighted by atomic mass is 9.99. The van der Waals surface area contributed by atoms with Crippen LogP contribution < -0.4 is 0 Å². The molecular formula is C21H36O5. The Bertz CT molecular complexity index is 414. The number of hydrogen-bond acceptors (Lipinski definition) is 3. The summed E-state index contributed by atoms with van der Waals surface area (Å²) >= 11 is 0. The summed E-state index contributed by atoms with van der Waals surface area (Å²) in [6.45, 7) is 2.23. The number of carbonyl (C=O) groups is 3. The van der Waals surface area contributed by atoms with Gasteiger partial charge in [0.2, 0.25) is 5.92 Å². The number of allylic oxidation sites excluding steroid dienone is 2. The Morgan fingerprint density at radius 1 is 0.692 bits per heavy atom. The molecule has 0 aromatic heterocycles. The largest absolute Gasteiger partial charge is 0.480 e. The molecule has 0 heterocycles. The molecule has 0 saturated carbocycles. The van der Waals surface area contributed by atoms with Crippen LogP contribution in [-0.2, 0) is 14.4 Å². The van der Waals surface area contributed by atoms with E-state index in [1.54, 1.807) is 0 Å². The molecular weight excluding hydrogens is 332 g/mol. The second kappa shape index (κ2) is 16.8. The van der Waals surface area contributed by atoms with Gasteiger partial charge in [-0.2, -0.15) is 0 Å². The monoisotopic (exact) mass is 368 g/mol. The van der Waals surface area contributed by atoms with Crippen molar-refractivity contribution in [1.29, 1.82) is 0 Å². The molecule has 26 heavy (non-hydrogen) atoms. The first kappa shape index (κ1) is 24.4. The molecule has 0 unspecified atom stereocenters. The van der Waals surface area contributed by atoms with Crippen molar-refractivity contribution in [3.8, 4) is 0 Å². The maximum absolute atomic E-state index is 11.6. The number of hydrogen-bond donors (Lipinski definition) is 2. The fourth-order valence-electron chi connectivity index (χ4n) is 2.90. The summed E-state index contributed by atoms with van der Waals surface area (Å²) in [5.74, 6) is -5.76. The molecule has 0 aliphatic rings. The van der Waals surface area contributed by atoms with Crippen LogP contribution in [0.4, 0.5) is 0 Å². The van der Waals surface area contributed by atoms with Gasteiger partial charge in [0, 0.05) is 6.42 Å². The molecule has 0 aliphatic carbocycles.